The number of rotatable bonds is 7. The van der Waals surface area contributed by atoms with Crippen molar-refractivity contribution in [3.8, 4) is 0 Å². The van der Waals surface area contributed by atoms with Gasteiger partial charge in [-0.05, 0) is 19.1 Å². The van der Waals surface area contributed by atoms with Gasteiger partial charge in [0.15, 0.2) is 0 Å². The molecular weight excluding hydrogens is 485 g/mol. The van der Waals surface area contributed by atoms with E-state index in [1.807, 2.05) is 0 Å². The molecule has 0 aromatic carbocycles. The molecule has 0 fully saturated rings. The van der Waals surface area contributed by atoms with Gasteiger partial charge in [0.2, 0.25) is 0 Å². The van der Waals surface area contributed by atoms with Crippen molar-refractivity contribution in [1.29, 1.82) is 0 Å². The van der Waals surface area contributed by atoms with Gasteiger partial charge in [0.05, 0.1) is 22.8 Å². The molecule has 0 saturated heterocycles. The minimum Gasteiger partial charge on any atom is -0.396 e. The van der Waals surface area contributed by atoms with Crippen LogP contribution in [0.15, 0.2) is 30.9 Å². The Morgan fingerprint density at radius 3 is 2.61 bits per heavy atom. The molecule has 0 spiro atoms. The van der Waals surface area contributed by atoms with Gasteiger partial charge in [-0.3, -0.25) is 9.59 Å². The summed E-state index contributed by atoms with van der Waals surface area (Å²) in [6.45, 7) is 1.52. The maximum atomic E-state index is 13.0. The van der Waals surface area contributed by atoms with Gasteiger partial charge >= 0.3 is 6.18 Å². The fraction of sp³-hybridized carbons (Fsp3) is 0.263. The number of aliphatic hydroxyl groups is 1. The Hall–Kier alpha value is -3.16. The van der Waals surface area contributed by atoms with Crippen molar-refractivity contribution >= 4 is 40.6 Å². The van der Waals surface area contributed by atoms with E-state index in [9.17, 15) is 22.8 Å². The summed E-state index contributed by atoms with van der Waals surface area (Å²) in [4.78, 5) is 40.6. The van der Waals surface area contributed by atoms with Gasteiger partial charge in [-0.2, -0.15) is 13.2 Å². The molecule has 3 aromatic rings. The topological polar surface area (TPSA) is 130 Å². The van der Waals surface area contributed by atoms with E-state index in [2.05, 4.69) is 30.6 Å². The summed E-state index contributed by atoms with van der Waals surface area (Å²) in [6.07, 6.45) is -1.17. The minimum atomic E-state index is -4.70. The molecule has 3 N–H and O–H groups in total. The van der Waals surface area contributed by atoms with Crippen molar-refractivity contribution in [1.82, 2.24) is 25.3 Å². The number of nitrogens with one attached hydrogen (secondary N) is 2. The van der Waals surface area contributed by atoms with Crippen LogP contribution in [0.25, 0.3) is 0 Å². The molecule has 3 heterocycles. The monoisotopic (exact) mass is 500 g/mol. The average molecular weight is 501 g/mol. The highest BCUT2D eigenvalue weighted by molar-refractivity contribution is 7.13. The third-order valence-electron chi connectivity index (χ3n) is 4.19. The van der Waals surface area contributed by atoms with Crippen LogP contribution < -0.4 is 10.6 Å². The van der Waals surface area contributed by atoms with Gasteiger partial charge in [-0.25, -0.2) is 19.9 Å². The van der Waals surface area contributed by atoms with Crippen molar-refractivity contribution in [3.63, 3.8) is 0 Å². The van der Waals surface area contributed by atoms with Gasteiger partial charge in [-0.15, -0.1) is 11.3 Å². The quantitative estimate of drug-likeness (QED) is 0.454. The Kier molecular flexibility index (Phi) is 7.56. The zero-order chi connectivity index (χ0) is 24.2. The summed E-state index contributed by atoms with van der Waals surface area (Å²) in [7, 11) is 0. The lowest BCUT2D eigenvalue weighted by atomic mass is 10.2. The van der Waals surface area contributed by atoms with Crippen molar-refractivity contribution in [2.24, 2.45) is 0 Å². The average Bonchev–Trinajstić information content (AvgIpc) is 3.25. The lowest BCUT2D eigenvalue weighted by molar-refractivity contribution is -0.137. The largest absolute Gasteiger partial charge is 0.418 e. The predicted octanol–water partition coefficient (Wildman–Crippen LogP) is 3.28. The van der Waals surface area contributed by atoms with E-state index in [-0.39, 0.29) is 29.4 Å². The van der Waals surface area contributed by atoms with Crippen LogP contribution in [-0.4, -0.2) is 43.5 Å². The number of hydrogen-bond donors (Lipinski definition) is 3. The Morgan fingerprint density at radius 2 is 1.91 bits per heavy atom. The predicted molar refractivity (Wildman–Crippen MR) is 113 cm³/mol. The van der Waals surface area contributed by atoms with Gasteiger partial charge in [0.25, 0.3) is 11.8 Å². The molecule has 9 nitrogen and oxygen atoms in total. The first-order chi connectivity index (χ1) is 15.6. The summed E-state index contributed by atoms with van der Waals surface area (Å²) in [6, 6.07) is 1.50. The molecule has 0 aliphatic carbocycles. The molecule has 174 valence electrons. The van der Waals surface area contributed by atoms with E-state index >= 15 is 0 Å². The van der Waals surface area contributed by atoms with Crippen LogP contribution in [0.5, 0.6) is 0 Å². The van der Waals surface area contributed by atoms with Gasteiger partial charge < -0.3 is 15.7 Å². The zero-order valence-corrected chi connectivity index (χ0v) is 18.4. The highest BCUT2D eigenvalue weighted by Crippen LogP contribution is 2.35. The lowest BCUT2D eigenvalue weighted by Crippen LogP contribution is -2.27. The Morgan fingerprint density at radius 1 is 1.15 bits per heavy atom. The van der Waals surface area contributed by atoms with Crippen LogP contribution >= 0.6 is 22.9 Å². The zero-order valence-electron chi connectivity index (χ0n) is 16.9. The highest BCUT2D eigenvalue weighted by atomic mass is 35.5. The van der Waals surface area contributed by atoms with Crippen LogP contribution in [0.1, 0.15) is 49.4 Å². The van der Waals surface area contributed by atoms with E-state index in [1.165, 1.54) is 18.6 Å². The standard InChI is InChI=1S/C19H16ClF3N6O3S/c1-9(28-16(31)13-4-10(2-3-30)26-8-27-13)18-25-7-14(33-18)17(32)29-15-5-11(19(21,22)23)12(20)6-24-15/h4-9,30H,2-3H2,1H3,(H,28,31)(H,24,29,32). The number of amides is 2. The molecule has 33 heavy (non-hydrogen) atoms. The number of aromatic nitrogens is 4. The number of halogens is 4. The van der Waals surface area contributed by atoms with Gasteiger partial charge in [0.1, 0.15) is 27.7 Å². The minimum absolute atomic E-state index is 0.101. The number of anilines is 1. The second kappa shape index (κ2) is 10.2. The van der Waals surface area contributed by atoms with E-state index in [0.717, 1.165) is 17.5 Å². The van der Waals surface area contributed by atoms with Crippen LogP contribution in [-0.2, 0) is 12.6 Å². The number of carbonyl (C=O) groups excluding carboxylic acids is 2. The third-order valence-corrected chi connectivity index (χ3v) is 5.67. The maximum absolute atomic E-state index is 13.0. The number of aliphatic hydroxyl groups excluding tert-OH is 1. The number of pyridine rings is 1. The van der Waals surface area contributed by atoms with E-state index < -0.39 is 34.6 Å². The second-order valence-electron chi connectivity index (χ2n) is 6.63. The molecule has 0 aliphatic heterocycles. The van der Waals surface area contributed by atoms with Crippen molar-refractivity contribution in [3.05, 3.63) is 62.7 Å². The molecule has 0 aliphatic rings. The third kappa shape index (κ3) is 6.21. The van der Waals surface area contributed by atoms with Gasteiger partial charge in [0, 0.05) is 24.9 Å². The summed E-state index contributed by atoms with van der Waals surface area (Å²) in [5.74, 6) is -1.55. The van der Waals surface area contributed by atoms with Crippen molar-refractivity contribution < 1.29 is 27.9 Å². The number of alkyl halides is 3. The second-order valence-corrected chi connectivity index (χ2v) is 8.10. The Labute approximate surface area is 194 Å². The highest BCUT2D eigenvalue weighted by Gasteiger charge is 2.34. The van der Waals surface area contributed by atoms with Crippen LogP contribution in [0.4, 0.5) is 19.0 Å². The Balaban J connectivity index is 1.67. The molecule has 0 saturated carbocycles. The first kappa shape index (κ1) is 24.5. The maximum Gasteiger partial charge on any atom is 0.418 e. The molecule has 1 unspecified atom stereocenters. The first-order valence-electron chi connectivity index (χ1n) is 9.31. The van der Waals surface area contributed by atoms with Crippen LogP contribution in [0, 0.1) is 0 Å². The molecule has 0 radical (unpaired) electrons. The number of hydrogen-bond acceptors (Lipinski definition) is 8. The van der Waals surface area contributed by atoms with Crippen molar-refractivity contribution in [2.45, 2.75) is 25.6 Å². The van der Waals surface area contributed by atoms with E-state index in [1.54, 1.807) is 6.92 Å². The molecule has 2 amide bonds. The fourth-order valence-electron chi connectivity index (χ4n) is 2.60. The normalized spacial score (nSPS) is 12.3. The summed E-state index contributed by atoms with van der Waals surface area (Å²) in [5.41, 5.74) is -0.519. The lowest BCUT2D eigenvalue weighted by Gasteiger charge is -2.11. The fourth-order valence-corrected chi connectivity index (χ4v) is 3.63. The molecule has 3 aromatic heterocycles. The summed E-state index contributed by atoms with van der Waals surface area (Å²) < 4.78 is 38.9. The molecule has 0 bridgehead atoms. The van der Waals surface area contributed by atoms with Crippen LogP contribution in [0.3, 0.4) is 0 Å². The number of carbonyl (C=O) groups is 2. The molecule has 14 heteroatoms. The van der Waals surface area contributed by atoms with Crippen molar-refractivity contribution in [2.75, 3.05) is 11.9 Å². The van der Waals surface area contributed by atoms with Crippen LogP contribution in [0.2, 0.25) is 5.02 Å². The number of thiazole rings is 1. The summed E-state index contributed by atoms with van der Waals surface area (Å²) >= 11 is 6.48. The SMILES string of the molecule is CC(NC(=O)c1cc(CCO)ncn1)c1ncc(C(=O)Nc2cc(C(F)(F)F)c(Cl)cn2)s1. The molecule has 3 rings (SSSR count). The first-order valence-corrected chi connectivity index (χ1v) is 10.5. The number of nitrogens with zero attached hydrogens (tertiary/aromatic N) is 4. The van der Waals surface area contributed by atoms with Gasteiger partial charge in [-0.1, -0.05) is 11.6 Å². The van der Waals surface area contributed by atoms with E-state index in [4.69, 9.17) is 16.7 Å². The Bertz CT molecular complexity index is 1170. The summed E-state index contributed by atoms with van der Waals surface area (Å²) in [5, 5.41) is 13.7. The van der Waals surface area contributed by atoms with E-state index in [0.29, 0.717) is 16.8 Å². The molecular formula is C19H16ClF3N6O3S. The molecule has 1 atom stereocenters. The smallest absolute Gasteiger partial charge is 0.396 e.